The fourth-order valence-corrected chi connectivity index (χ4v) is 4.41. The number of H-pyrrole nitrogens is 1. The number of nitrogens with one attached hydrogen (secondary N) is 3. The molecule has 3 N–H and O–H groups in total. The Kier molecular flexibility index (Phi) is 5.50. The second kappa shape index (κ2) is 8.61. The van der Waals surface area contributed by atoms with Crippen LogP contribution in [0.2, 0.25) is 0 Å². The maximum Gasteiger partial charge on any atom is 0.255 e. The fraction of sp³-hybridized carbons (Fsp3) is 0.280. The number of hydrogen-bond acceptors (Lipinski definition) is 5. The van der Waals surface area contributed by atoms with Crippen molar-refractivity contribution in [2.45, 2.75) is 25.7 Å². The predicted octanol–water partition coefficient (Wildman–Crippen LogP) is 4.91. The first kappa shape index (κ1) is 21.1. The minimum absolute atomic E-state index is 0.0776. The van der Waals surface area contributed by atoms with Crippen molar-refractivity contribution in [3.63, 3.8) is 0 Å². The van der Waals surface area contributed by atoms with Crippen LogP contribution in [0.4, 0.5) is 15.8 Å². The molecule has 0 radical (unpaired) electrons. The molecule has 5 rings (SSSR count). The molecule has 33 heavy (non-hydrogen) atoms. The van der Waals surface area contributed by atoms with Crippen LogP contribution in [0.1, 0.15) is 41.7 Å². The van der Waals surface area contributed by atoms with Gasteiger partial charge in [0.15, 0.2) is 11.6 Å². The number of rotatable bonds is 3. The van der Waals surface area contributed by atoms with Gasteiger partial charge in [0.05, 0.1) is 42.5 Å². The summed E-state index contributed by atoms with van der Waals surface area (Å²) in [6.45, 7) is 3.15. The van der Waals surface area contributed by atoms with Crippen molar-refractivity contribution in [2.75, 3.05) is 25.6 Å². The standard InChI is InChI=1S/C25H25FN4O3/c1-14-6-7-15-12-28-25(31)20-21(15)30-22(16-8-10-27-13-19(16)33-11-9-14)23(20)29-18-5-3-4-17(26)24(18)32-2/h3-6,8,10,13,15,29-30H,7,9,11-12H2,1-2H3,(H,28,31)/b14-6-. The van der Waals surface area contributed by atoms with Crippen LogP contribution in [0.3, 0.4) is 0 Å². The number of halogens is 1. The first-order chi connectivity index (χ1) is 16.1. The van der Waals surface area contributed by atoms with Gasteiger partial charge in [-0.15, -0.1) is 0 Å². The Morgan fingerprint density at radius 3 is 3.03 bits per heavy atom. The van der Waals surface area contributed by atoms with Crippen LogP contribution in [-0.2, 0) is 0 Å². The Morgan fingerprint density at radius 2 is 2.18 bits per heavy atom. The number of fused-ring (bicyclic) bond motifs is 3. The molecule has 2 aliphatic rings. The normalized spacial score (nSPS) is 19.1. The number of pyridine rings is 1. The van der Waals surface area contributed by atoms with Crippen molar-refractivity contribution in [1.82, 2.24) is 15.3 Å². The summed E-state index contributed by atoms with van der Waals surface area (Å²) < 4.78 is 25.8. The summed E-state index contributed by atoms with van der Waals surface area (Å²) >= 11 is 0. The molecule has 2 bridgehead atoms. The highest BCUT2D eigenvalue weighted by Crippen LogP contribution is 2.44. The number of allylic oxidation sites excluding steroid dienone is 1. The number of methoxy groups -OCH3 is 1. The van der Waals surface area contributed by atoms with E-state index in [2.05, 4.69) is 33.6 Å². The molecular formula is C25H25FN4O3. The Bertz CT molecular complexity index is 1250. The molecule has 0 fully saturated rings. The Balaban J connectivity index is 1.74. The first-order valence-corrected chi connectivity index (χ1v) is 10.9. The van der Waals surface area contributed by atoms with Gasteiger partial charge in [-0.25, -0.2) is 4.39 Å². The quantitative estimate of drug-likeness (QED) is 0.496. The van der Waals surface area contributed by atoms with E-state index in [1.54, 1.807) is 24.5 Å². The number of amides is 1. The van der Waals surface area contributed by atoms with E-state index in [1.807, 2.05) is 6.07 Å². The van der Waals surface area contributed by atoms with Gasteiger partial charge in [0, 0.05) is 36.3 Å². The van der Waals surface area contributed by atoms with Gasteiger partial charge < -0.3 is 25.1 Å². The van der Waals surface area contributed by atoms with Crippen molar-refractivity contribution in [3.05, 3.63) is 65.4 Å². The van der Waals surface area contributed by atoms with Gasteiger partial charge in [0.1, 0.15) is 5.75 Å². The number of benzene rings is 1. The molecule has 4 heterocycles. The van der Waals surface area contributed by atoms with E-state index in [0.29, 0.717) is 41.5 Å². The fourth-order valence-electron chi connectivity index (χ4n) is 4.41. The maximum atomic E-state index is 14.4. The molecule has 170 valence electrons. The zero-order valence-electron chi connectivity index (χ0n) is 18.5. The third kappa shape index (κ3) is 3.82. The number of carbonyl (C=O) groups excluding carboxylic acids is 1. The summed E-state index contributed by atoms with van der Waals surface area (Å²) in [6.07, 6.45) is 7.14. The van der Waals surface area contributed by atoms with Crippen molar-refractivity contribution >= 4 is 17.3 Å². The molecule has 7 nitrogen and oxygen atoms in total. The molecule has 0 saturated heterocycles. The summed E-state index contributed by atoms with van der Waals surface area (Å²) in [7, 11) is 1.42. The molecule has 0 aliphatic carbocycles. The van der Waals surface area contributed by atoms with Crippen LogP contribution in [0.15, 0.2) is 48.3 Å². The lowest BCUT2D eigenvalue weighted by molar-refractivity contribution is 0.0941. The van der Waals surface area contributed by atoms with Crippen molar-refractivity contribution < 1.29 is 18.7 Å². The van der Waals surface area contributed by atoms with E-state index in [0.717, 1.165) is 24.1 Å². The van der Waals surface area contributed by atoms with E-state index in [4.69, 9.17) is 9.47 Å². The molecule has 1 amide bonds. The van der Waals surface area contributed by atoms with E-state index in [1.165, 1.54) is 18.7 Å². The lowest BCUT2D eigenvalue weighted by atomic mass is 9.92. The molecule has 8 heteroatoms. The van der Waals surface area contributed by atoms with Crippen LogP contribution in [0.25, 0.3) is 11.3 Å². The molecular weight excluding hydrogens is 423 g/mol. The van der Waals surface area contributed by atoms with Crippen molar-refractivity contribution in [1.29, 1.82) is 0 Å². The van der Waals surface area contributed by atoms with Gasteiger partial charge >= 0.3 is 0 Å². The molecule has 1 aromatic carbocycles. The molecule has 0 spiro atoms. The zero-order chi connectivity index (χ0) is 22.9. The van der Waals surface area contributed by atoms with E-state index < -0.39 is 5.82 Å². The maximum absolute atomic E-state index is 14.4. The Labute approximate surface area is 191 Å². The Hall–Kier alpha value is -3.81. The highest BCUT2D eigenvalue weighted by atomic mass is 19.1. The number of aromatic amines is 1. The van der Waals surface area contributed by atoms with Gasteiger partial charge in [-0.2, -0.15) is 0 Å². The minimum Gasteiger partial charge on any atom is -0.492 e. The molecule has 2 aromatic heterocycles. The summed E-state index contributed by atoms with van der Waals surface area (Å²) in [6, 6.07) is 6.49. The second-order valence-corrected chi connectivity index (χ2v) is 8.27. The second-order valence-electron chi connectivity index (χ2n) is 8.27. The van der Waals surface area contributed by atoms with Crippen LogP contribution in [0, 0.1) is 5.82 Å². The number of nitrogens with zero attached hydrogens (tertiary/aromatic N) is 1. The van der Waals surface area contributed by atoms with E-state index >= 15 is 0 Å². The zero-order valence-corrected chi connectivity index (χ0v) is 18.5. The summed E-state index contributed by atoms with van der Waals surface area (Å²) in [5, 5.41) is 6.29. The SMILES string of the molecule is COc1c(F)cccc1Nc1c2[nH]c3c1C(=O)NCC3C/C=C(/C)CCOc1cnccc1-2. The van der Waals surface area contributed by atoms with Crippen LogP contribution < -0.4 is 20.1 Å². The summed E-state index contributed by atoms with van der Waals surface area (Å²) in [5.41, 5.74) is 5.02. The molecule has 3 aromatic rings. The third-order valence-corrected chi connectivity index (χ3v) is 6.16. The van der Waals surface area contributed by atoms with Crippen molar-refractivity contribution in [2.24, 2.45) is 0 Å². The molecule has 0 saturated carbocycles. The lowest BCUT2D eigenvalue weighted by Crippen LogP contribution is -2.34. The first-order valence-electron chi connectivity index (χ1n) is 10.9. The number of para-hydroxylation sites is 1. The summed E-state index contributed by atoms with van der Waals surface area (Å²) in [4.78, 5) is 20.8. The Morgan fingerprint density at radius 1 is 1.30 bits per heavy atom. The minimum atomic E-state index is -0.491. The smallest absolute Gasteiger partial charge is 0.255 e. The monoisotopic (exact) mass is 448 g/mol. The number of ether oxygens (including phenoxy) is 2. The van der Waals surface area contributed by atoms with Gasteiger partial charge in [-0.3, -0.25) is 9.78 Å². The van der Waals surface area contributed by atoms with Crippen LogP contribution in [0.5, 0.6) is 11.5 Å². The average molecular weight is 448 g/mol. The van der Waals surface area contributed by atoms with E-state index in [-0.39, 0.29) is 17.6 Å². The topological polar surface area (TPSA) is 88.3 Å². The number of hydrogen-bond donors (Lipinski definition) is 3. The average Bonchev–Trinajstić information content (AvgIpc) is 3.18. The van der Waals surface area contributed by atoms with E-state index in [9.17, 15) is 9.18 Å². The van der Waals surface area contributed by atoms with Crippen LogP contribution in [-0.4, -0.2) is 36.1 Å². The molecule has 1 unspecified atom stereocenters. The van der Waals surface area contributed by atoms with Gasteiger partial charge in [-0.05, 0) is 31.5 Å². The highest BCUT2D eigenvalue weighted by Gasteiger charge is 2.33. The number of anilines is 2. The molecule has 1 atom stereocenters. The van der Waals surface area contributed by atoms with Crippen molar-refractivity contribution in [3.8, 4) is 22.8 Å². The summed E-state index contributed by atoms with van der Waals surface area (Å²) in [5.74, 6) is 0.0930. The third-order valence-electron chi connectivity index (χ3n) is 6.16. The highest BCUT2D eigenvalue weighted by molar-refractivity contribution is 6.07. The predicted molar refractivity (Wildman–Crippen MR) is 124 cm³/mol. The molecule has 2 aliphatic heterocycles. The van der Waals surface area contributed by atoms with Gasteiger partial charge in [0.25, 0.3) is 5.91 Å². The number of aromatic nitrogens is 2. The van der Waals surface area contributed by atoms with Crippen LogP contribution >= 0.6 is 0 Å². The largest absolute Gasteiger partial charge is 0.492 e. The van der Waals surface area contributed by atoms with Gasteiger partial charge in [-0.1, -0.05) is 17.7 Å². The lowest BCUT2D eigenvalue weighted by Gasteiger charge is -2.23. The van der Waals surface area contributed by atoms with Gasteiger partial charge in [0.2, 0.25) is 0 Å². The number of carbonyl (C=O) groups is 1.